The van der Waals surface area contributed by atoms with Gasteiger partial charge in [0.25, 0.3) is 5.92 Å². The number of amides is 1. The number of carbonyl (C=O) groups excluding carboxylic acids is 1. The Morgan fingerprint density at radius 3 is 2.69 bits per heavy atom. The molecule has 1 aliphatic rings. The van der Waals surface area contributed by atoms with E-state index in [0.717, 1.165) is 0 Å². The summed E-state index contributed by atoms with van der Waals surface area (Å²) in [7, 11) is 0. The molecule has 1 unspecified atom stereocenters. The van der Waals surface area contributed by atoms with Crippen molar-refractivity contribution in [3.8, 4) is 0 Å². The second-order valence-corrected chi connectivity index (χ2v) is 3.76. The lowest BCUT2D eigenvalue weighted by Crippen LogP contribution is -2.32. The Balaban J connectivity index is 1.84. The number of nitrogens with zero attached hydrogens (tertiary/aromatic N) is 2. The van der Waals surface area contributed by atoms with Crippen molar-refractivity contribution in [3.63, 3.8) is 0 Å². The van der Waals surface area contributed by atoms with Crippen molar-refractivity contribution in [2.75, 3.05) is 5.43 Å². The third-order valence-electron chi connectivity index (χ3n) is 2.09. The van der Waals surface area contributed by atoms with Gasteiger partial charge in [-0.1, -0.05) is 11.6 Å². The van der Waals surface area contributed by atoms with Crippen molar-refractivity contribution < 1.29 is 13.6 Å². The van der Waals surface area contributed by atoms with E-state index < -0.39 is 24.2 Å². The van der Waals surface area contributed by atoms with Gasteiger partial charge in [0.2, 0.25) is 5.91 Å². The fourth-order valence-electron chi connectivity index (χ4n) is 1.09. The molecule has 86 valence electrons. The zero-order chi connectivity index (χ0) is 11.8. The molecule has 1 fully saturated rings. The van der Waals surface area contributed by atoms with Crippen LogP contribution in [0.4, 0.5) is 14.6 Å². The molecule has 1 heterocycles. The van der Waals surface area contributed by atoms with Crippen LogP contribution in [0, 0.1) is 5.92 Å². The summed E-state index contributed by atoms with van der Waals surface area (Å²) in [6.45, 7) is 0. The van der Waals surface area contributed by atoms with E-state index in [-0.39, 0.29) is 11.0 Å². The van der Waals surface area contributed by atoms with E-state index in [2.05, 4.69) is 21.0 Å². The van der Waals surface area contributed by atoms with Crippen LogP contribution in [0.2, 0.25) is 5.15 Å². The van der Waals surface area contributed by atoms with Crippen LogP contribution < -0.4 is 10.9 Å². The topological polar surface area (TPSA) is 66.9 Å². The van der Waals surface area contributed by atoms with Crippen LogP contribution in [0.3, 0.4) is 0 Å². The fourth-order valence-corrected chi connectivity index (χ4v) is 1.19. The molecule has 0 spiro atoms. The maximum Gasteiger partial charge on any atom is 0.260 e. The molecule has 2 N–H and O–H groups in total. The quantitative estimate of drug-likeness (QED) is 0.790. The van der Waals surface area contributed by atoms with Gasteiger partial charge in [0.15, 0.2) is 11.0 Å². The number of rotatable bonds is 3. The van der Waals surface area contributed by atoms with Crippen molar-refractivity contribution in [1.82, 2.24) is 15.6 Å². The first-order valence-corrected chi connectivity index (χ1v) is 4.80. The molecule has 0 saturated heterocycles. The Hall–Kier alpha value is -1.50. The molecular formula is C8H7ClF2N4O. The van der Waals surface area contributed by atoms with Crippen molar-refractivity contribution in [2.24, 2.45) is 5.92 Å². The van der Waals surface area contributed by atoms with Crippen molar-refractivity contribution in [2.45, 2.75) is 12.3 Å². The third-order valence-corrected chi connectivity index (χ3v) is 2.29. The maximum absolute atomic E-state index is 12.5. The van der Waals surface area contributed by atoms with E-state index in [1.807, 2.05) is 0 Å². The zero-order valence-corrected chi connectivity index (χ0v) is 8.63. The average molecular weight is 249 g/mol. The highest BCUT2D eigenvalue weighted by molar-refractivity contribution is 6.29. The Labute approximate surface area is 94.2 Å². The summed E-state index contributed by atoms with van der Waals surface area (Å²) in [5.41, 5.74) is 4.49. The lowest BCUT2D eigenvalue weighted by atomic mass is 10.4. The lowest BCUT2D eigenvalue weighted by Gasteiger charge is -2.06. The third kappa shape index (κ3) is 2.35. The van der Waals surface area contributed by atoms with Gasteiger partial charge in [-0.25, -0.2) is 8.78 Å². The molecule has 0 bridgehead atoms. The number of aromatic nitrogens is 2. The minimum atomic E-state index is -2.88. The molecule has 0 radical (unpaired) electrons. The summed E-state index contributed by atoms with van der Waals surface area (Å²) in [4.78, 5) is 11.1. The van der Waals surface area contributed by atoms with E-state index in [1.165, 1.54) is 12.1 Å². The van der Waals surface area contributed by atoms with Crippen LogP contribution in [0.25, 0.3) is 0 Å². The number of hydrogen-bond donors (Lipinski definition) is 2. The van der Waals surface area contributed by atoms with Gasteiger partial charge in [-0.05, 0) is 12.1 Å². The Morgan fingerprint density at radius 2 is 2.19 bits per heavy atom. The van der Waals surface area contributed by atoms with Gasteiger partial charge in [-0.3, -0.25) is 15.6 Å². The molecule has 8 heteroatoms. The van der Waals surface area contributed by atoms with Crippen LogP contribution in [0.15, 0.2) is 12.1 Å². The molecule has 1 amide bonds. The number of nitrogens with one attached hydrogen (secondary N) is 2. The van der Waals surface area contributed by atoms with Crippen LogP contribution in [0.1, 0.15) is 6.42 Å². The molecule has 16 heavy (non-hydrogen) atoms. The van der Waals surface area contributed by atoms with Crippen molar-refractivity contribution in [3.05, 3.63) is 17.3 Å². The predicted octanol–water partition coefficient (Wildman–Crippen LogP) is 1.23. The zero-order valence-electron chi connectivity index (χ0n) is 7.88. The van der Waals surface area contributed by atoms with Crippen molar-refractivity contribution >= 4 is 23.3 Å². The lowest BCUT2D eigenvalue weighted by molar-refractivity contribution is -0.123. The van der Waals surface area contributed by atoms with Gasteiger partial charge in [-0.15, -0.1) is 10.2 Å². The highest BCUT2D eigenvalue weighted by atomic mass is 35.5. The molecule has 1 aliphatic carbocycles. The highest BCUT2D eigenvalue weighted by Crippen LogP contribution is 2.48. The summed E-state index contributed by atoms with van der Waals surface area (Å²) in [6.07, 6.45) is -0.410. The molecule has 2 rings (SSSR count). The molecule has 1 atom stereocenters. The molecular weight excluding hydrogens is 242 g/mol. The van der Waals surface area contributed by atoms with Gasteiger partial charge in [0.05, 0.1) is 0 Å². The summed E-state index contributed by atoms with van der Waals surface area (Å²) in [6, 6.07) is 2.91. The molecule has 1 aromatic rings. The van der Waals surface area contributed by atoms with E-state index in [4.69, 9.17) is 11.6 Å². The number of anilines is 1. The monoisotopic (exact) mass is 248 g/mol. The van der Waals surface area contributed by atoms with Gasteiger partial charge < -0.3 is 0 Å². The number of hydrogen-bond acceptors (Lipinski definition) is 4. The largest absolute Gasteiger partial charge is 0.280 e. The maximum atomic E-state index is 12.5. The predicted molar refractivity (Wildman–Crippen MR) is 51.9 cm³/mol. The summed E-state index contributed by atoms with van der Waals surface area (Å²) in [5.74, 6) is -4.67. The number of halogens is 3. The van der Waals surface area contributed by atoms with Crippen LogP contribution in [-0.4, -0.2) is 22.0 Å². The number of hydrazine groups is 1. The molecule has 1 saturated carbocycles. The second kappa shape index (κ2) is 3.82. The van der Waals surface area contributed by atoms with E-state index in [0.29, 0.717) is 0 Å². The Kier molecular flexibility index (Phi) is 2.63. The minimum Gasteiger partial charge on any atom is -0.280 e. The SMILES string of the molecule is O=C(NNc1ccc(Cl)nn1)C1CC1(F)F. The average Bonchev–Trinajstić information content (AvgIpc) is 2.87. The van der Waals surface area contributed by atoms with Crippen LogP contribution in [-0.2, 0) is 4.79 Å². The number of carbonyl (C=O) groups is 1. The summed E-state index contributed by atoms with van der Waals surface area (Å²) >= 11 is 5.48. The number of alkyl halides is 2. The molecule has 5 nitrogen and oxygen atoms in total. The fraction of sp³-hybridized carbons (Fsp3) is 0.375. The molecule has 0 aliphatic heterocycles. The highest BCUT2D eigenvalue weighted by Gasteiger charge is 2.61. The van der Waals surface area contributed by atoms with Crippen molar-refractivity contribution in [1.29, 1.82) is 0 Å². The first-order valence-electron chi connectivity index (χ1n) is 4.42. The second-order valence-electron chi connectivity index (χ2n) is 3.37. The molecule has 0 aromatic carbocycles. The minimum absolute atomic E-state index is 0.200. The van der Waals surface area contributed by atoms with Gasteiger partial charge in [0.1, 0.15) is 5.92 Å². The van der Waals surface area contributed by atoms with Gasteiger partial charge in [-0.2, -0.15) is 0 Å². The normalized spacial score (nSPS) is 21.3. The van der Waals surface area contributed by atoms with E-state index in [1.54, 1.807) is 0 Å². The molecule has 1 aromatic heterocycles. The standard InChI is InChI=1S/C8H7ClF2N4O/c9-5-1-2-6(13-12-5)14-15-7(16)4-3-8(4,10)11/h1-2,4H,3H2,(H,13,14)(H,15,16). The first-order chi connectivity index (χ1) is 7.49. The van der Waals surface area contributed by atoms with E-state index in [9.17, 15) is 13.6 Å². The van der Waals surface area contributed by atoms with Gasteiger partial charge in [0, 0.05) is 6.42 Å². The van der Waals surface area contributed by atoms with Crippen LogP contribution in [0.5, 0.6) is 0 Å². The van der Waals surface area contributed by atoms with Gasteiger partial charge >= 0.3 is 0 Å². The van der Waals surface area contributed by atoms with E-state index >= 15 is 0 Å². The first kappa shape index (κ1) is 11.0. The summed E-state index contributed by atoms with van der Waals surface area (Å²) in [5, 5.41) is 7.27. The smallest absolute Gasteiger partial charge is 0.260 e. The van der Waals surface area contributed by atoms with Crippen LogP contribution >= 0.6 is 11.6 Å². The Morgan fingerprint density at radius 1 is 1.50 bits per heavy atom. The summed E-state index contributed by atoms with van der Waals surface area (Å²) < 4.78 is 25.0. The Bertz CT molecular complexity index is 411.